The second kappa shape index (κ2) is 14.4. The molecule has 2 N–H and O–H groups in total. The zero-order valence-corrected chi connectivity index (χ0v) is 31.4. The van der Waals surface area contributed by atoms with Crippen molar-refractivity contribution in [3.05, 3.63) is 11.6 Å². The predicted molar refractivity (Wildman–Crippen MR) is 154 cm³/mol. The average molecular weight is 778 g/mol. The standard InChI is InChI=1S/C33H58O6.Ac/c1-21(2)10-9-11-23(18-34)29-25-16-28(39-20-37-8)30-31(4)14-13-27(38-19-36-7)22(3)24(31)12-15-32(30,5)33(25,6)17-26(29)35;/h10,22-30,34-35H,9,11-20H2,1-8H3;. The summed E-state index contributed by atoms with van der Waals surface area (Å²) in [6.07, 6.45) is 10.3. The number of allylic oxidation sites excluding steroid dienone is 2. The van der Waals surface area contributed by atoms with Crippen LogP contribution in [0.4, 0.5) is 0 Å². The van der Waals surface area contributed by atoms with Gasteiger partial charge < -0.3 is 29.2 Å². The molecule has 7 heteroatoms. The summed E-state index contributed by atoms with van der Waals surface area (Å²) >= 11 is 0. The van der Waals surface area contributed by atoms with E-state index in [1.165, 1.54) is 12.0 Å². The Bertz CT molecular complexity index is 849. The molecule has 0 bridgehead atoms. The maximum Gasteiger partial charge on any atom is 0.146 e. The van der Waals surface area contributed by atoms with Crippen molar-refractivity contribution in [3.8, 4) is 0 Å². The first kappa shape index (κ1) is 35.4. The Balaban J connectivity index is 0.00000441. The van der Waals surface area contributed by atoms with Crippen LogP contribution < -0.4 is 0 Å². The van der Waals surface area contributed by atoms with Gasteiger partial charge in [0.25, 0.3) is 0 Å². The Hall–Kier alpha value is 0.942. The molecule has 4 rings (SSSR count). The second-order valence-corrected chi connectivity index (χ2v) is 14.6. The van der Waals surface area contributed by atoms with Crippen LogP contribution >= 0.6 is 0 Å². The predicted octanol–water partition coefficient (Wildman–Crippen LogP) is 6.20. The van der Waals surface area contributed by atoms with E-state index < -0.39 is 0 Å². The Morgan fingerprint density at radius 1 is 0.950 bits per heavy atom. The summed E-state index contributed by atoms with van der Waals surface area (Å²) in [5.74, 6) is 1.93. The molecule has 0 aliphatic heterocycles. The summed E-state index contributed by atoms with van der Waals surface area (Å²) in [5, 5.41) is 22.3. The summed E-state index contributed by atoms with van der Waals surface area (Å²) < 4.78 is 23.6. The molecule has 4 fully saturated rings. The van der Waals surface area contributed by atoms with Crippen molar-refractivity contribution in [2.75, 3.05) is 34.4 Å². The Morgan fingerprint density at radius 2 is 1.60 bits per heavy atom. The fourth-order valence-electron chi connectivity index (χ4n) is 10.8. The Morgan fingerprint density at radius 3 is 2.20 bits per heavy atom. The summed E-state index contributed by atoms with van der Waals surface area (Å²) in [7, 11) is 3.41. The molecule has 4 saturated carbocycles. The van der Waals surface area contributed by atoms with E-state index in [-0.39, 0.29) is 97.1 Å². The first-order valence-electron chi connectivity index (χ1n) is 15.6. The fourth-order valence-corrected chi connectivity index (χ4v) is 10.8. The van der Waals surface area contributed by atoms with Gasteiger partial charge in [-0.25, -0.2) is 0 Å². The number of methoxy groups -OCH3 is 2. The molecule has 0 amide bonds. The van der Waals surface area contributed by atoms with Gasteiger partial charge in [0.1, 0.15) is 13.6 Å². The van der Waals surface area contributed by atoms with Crippen molar-refractivity contribution >= 4 is 0 Å². The van der Waals surface area contributed by atoms with Crippen LogP contribution in [0.5, 0.6) is 0 Å². The van der Waals surface area contributed by atoms with Crippen LogP contribution in [0, 0.1) is 95.8 Å². The van der Waals surface area contributed by atoms with Crippen LogP contribution in [0.1, 0.15) is 92.9 Å². The normalized spacial score (nSPS) is 45.0. The molecule has 4 aliphatic carbocycles. The Labute approximate surface area is 280 Å². The first-order chi connectivity index (χ1) is 18.5. The summed E-state index contributed by atoms with van der Waals surface area (Å²) in [6.45, 7) is 15.0. The molecule has 229 valence electrons. The van der Waals surface area contributed by atoms with Gasteiger partial charge >= 0.3 is 0 Å². The third-order valence-electron chi connectivity index (χ3n) is 12.6. The molecule has 40 heavy (non-hydrogen) atoms. The van der Waals surface area contributed by atoms with Crippen LogP contribution in [0.25, 0.3) is 0 Å². The number of aliphatic hydroxyl groups excluding tert-OH is 2. The largest absolute Gasteiger partial charge is 0.396 e. The summed E-state index contributed by atoms with van der Waals surface area (Å²) in [5.41, 5.74) is 1.48. The molecule has 1 radical (unpaired) electrons. The molecular formula is C33H58AcO6. The molecule has 12 atom stereocenters. The first-order valence-corrected chi connectivity index (χ1v) is 15.6. The molecule has 12 unspecified atom stereocenters. The number of hydrogen-bond donors (Lipinski definition) is 2. The van der Waals surface area contributed by atoms with E-state index in [2.05, 4.69) is 47.6 Å². The van der Waals surface area contributed by atoms with Gasteiger partial charge in [0.05, 0.1) is 18.3 Å². The quantitative estimate of drug-likeness (QED) is 0.193. The third kappa shape index (κ3) is 6.22. The van der Waals surface area contributed by atoms with Gasteiger partial charge in [-0.3, -0.25) is 0 Å². The van der Waals surface area contributed by atoms with Gasteiger partial charge in [0.15, 0.2) is 0 Å². The van der Waals surface area contributed by atoms with Crippen molar-refractivity contribution in [3.63, 3.8) is 0 Å². The zero-order chi connectivity index (χ0) is 28.6. The molecule has 0 aromatic rings. The molecule has 6 nitrogen and oxygen atoms in total. The average Bonchev–Trinajstić information content (AvgIpc) is 3.15. The van der Waals surface area contributed by atoms with Crippen LogP contribution in [-0.2, 0) is 18.9 Å². The van der Waals surface area contributed by atoms with Crippen LogP contribution in [0.2, 0.25) is 0 Å². The molecule has 4 aliphatic rings. The van der Waals surface area contributed by atoms with E-state index in [4.69, 9.17) is 18.9 Å². The van der Waals surface area contributed by atoms with Crippen molar-refractivity contribution in [2.45, 2.75) is 111 Å². The molecule has 0 aromatic heterocycles. The van der Waals surface area contributed by atoms with E-state index in [1.807, 2.05) is 0 Å². The van der Waals surface area contributed by atoms with E-state index in [1.54, 1.807) is 14.2 Å². The minimum absolute atomic E-state index is 0. The van der Waals surface area contributed by atoms with E-state index in [9.17, 15) is 10.2 Å². The topological polar surface area (TPSA) is 77.4 Å². The van der Waals surface area contributed by atoms with Gasteiger partial charge in [-0.05, 0) is 117 Å². The maximum atomic E-state index is 11.7. The smallest absolute Gasteiger partial charge is 0.146 e. The van der Waals surface area contributed by atoms with Crippen LogP contribution in [-0.4, -0.2) is 62.9 Å². The number of rotatable bonds is 11. The molecule has 0 spiro atoms. The molecular weight excluding hydrogens is 719 g/mol. The molecule has 0 aromatic carbocycles. The Kier molecular flexibility index (Phi) is 12.7. The van der Waals surface area contributed by atoms with Gasteiger partial charge in [-0.15, -0.1) is 0 Å². The van der Waals surface area contributed by atoms with Gasteiger partial charge in [0, 0.05) is 64.9 Å². The summed E-state index contributed by atoms with van der Waals surface area (Å²) in [6, 6.07) is 0. The third-order valence-corrected chi connectivity index (χ3v) is 12.6. The number of ether oxygens (including phenoxy) is 4. The zero-order valence-electron chi connectivity index (χ0n) is 26.7. The van der Waals surface area contributed by atoms with Crippen molar-refractivity contribution in [1.29, 1.82) is 0 Å². The van der Waals surface area contributed by atoms with E-state index >= 15 is 0 Å². The van der Waals surface area contributed by atoms with Crippen molar-refractivity contribution in [1.82, 2.24) is 0 Å². The van der Waals surface area contributed by atoms with E-state index in [0.29, 0.717) is 37.3 Å². The summed E-state index contributed by atoms with van der Waals surface area (Å²) in [4.78, 5) is 0. The van der Waals surface area contributed by atoms with Crippen LogP contribution in [0.15, 0.2) is 11.6 Å². The van der Waals surface area contributed by atoms with Crippen LogP contribution in [0.3, 0.4) is 0 Å². The SMILES string of the molecule is COCOC1CCC2(C)C(CCC3(C)C2C(OCOC)CC2C(C(CO)CCC=C(C)C)C(O)CC23C)C1C.[Ac]. The van der Waals surface area contributed by atoms with E-state index in [0.717, 1.165) is 44.9 Å². The van der Waals surface area contributed by atoms with Gasteiger partial charge in [-0.1, -0.05) is 39.3 Å². The van der Waals surface area contributed by atoms with Crippen molar-refractivity contribution in [2.24, 2.45) is 51.8 Å². The van der Waals surface area contributed by atoms with Crippen molar-refractivity contribution < 1.29 is 73.2 Å². The number of fused-ring (bicyclic) bond motifs is 5. The maximum absolute atomic E-state index is 11.7. The van der Waals surface area contributed by atoms with Gasteiger partial charge in [0.2, 0.25) is 0 Å². The number of hydrogen-bond acceptors (Lipinski definition) is 6. The number of aliphatic hydroxyl groups is 2. The molecule has 0 heterocycles. The fraction of sp³-hybridized carbons (Fsp3) is 0.939. The molecule has 0 saturated heterocycles. The monoisotopic (exact) mass is 777 g/mol. The minimum Gasteiger partial charge on any atom is -0.396 e. The second-order valence-electron chi connectivity index (χ2n) is 14.6. The minimum atomic E-state index is -0.384. The van der Waals surface area contributed by atoms with Gasteiger partial charge in [-0.2, -0.15) is 0 Å².